The Bertz CT molecular complexity index is 1430. The largest absolute Gasteiger partial charge is 0.416 e. The molecule has 0 bridgehead atoms. The van der Waals surface area contributed by atoms with E-state index in [0.717, 1.165) is 22.3 Å². The first-order valence-electron chi connectivity index (χ1n) is 10.9. The van der Waals surface area contributed by atoms with E-state index in [1.807, 2.05) is 33.7 Å². The van der Waals surface area contributed by atoms with Crippen molar-refractivity contribution >= 4 is 38.7 Å². The van der Waals surface area contributed by atoms with Gasteiger partial charge in [0.15, 0.2) is 0 Å². The molecule has 34 heavy (non-hydrogen) atoms. The summed E-state index contributed by atoms with van der Waals surface area (Å²) < 4.78 is 43.2. The minimum Gasteiger partial charge on any atom is -0.368 e. The molecule has 4 heterocycles. The number of carbonyl (C=O) groups is 1. The van der Waals surface area contributed by atoms with Crippen LogP contribution in [0.15, 0.2) is 46.6 Å². The summed E-state index contributed by atoms with van der Waals surface area (Å²) in [6.07, 6.45) is -3.80. The Morgan fingerprint density at radius 1 is 1.09 bits per heavy atom. The number of alkyl halides is 3. The van der Waals surface area contributed by atoms with E-state index in [1.165, 1.54) is 10.7 Å². The van der Waals surface area contributed by atoms with Crippen LogP contribution in [-0.4, -0.2) is 51.2 Å². The van der Waals surface area contributed by atoms with Crippen LogP contribution < -0.4 is 10.5 Å². The Morgan fingerprint density at radius 3 is 2.56 bits per heavy atom. The number of nitrogens with zero attached hydrogens (tertiary/aromatic N) is 5. The third-order valence-electron chi connectivity index (χ3n) is 6.14. The maximum absolute atomic E-state index is 13.0. The lowest BCUT2D eigenvalue weighted by atomic mass is 10.1. The summed E-state index contributed by atoms with van der Waals surface area (Å²) in [5.74, 6) is 0.461. The third-order valence-corrected chi connectivity index (χ3v) is 7.00. The molecule has 1 aliphatic rings. The van der Waals surface area contributed by atoms with Crippen LogP contribution >= 0.6 is 11.3 Å². The normalized spacial score (nSPS) is 14.9. The molecular weight excluding hydrogens is 467 g/mol. The molecule has 4 aromatic rings. The number of piperazine rings is 1. The second kappa shape index (κ2) is 8.46. The lowest BCUT2D eigenvalue weighted by Gasteiger charge is -2.36. The average molecular weight is 490 g/mol. The fourth-order valence-corrected chi connectivity index (χ4v) is 5.18. The van der Waals surface area contributed by atoms with E-state index in [4.69, 9.17) is 0 Å². The third kappa shape index (κ3) is 3.93. The molecule has 0 spiro atoms. The molecule has 1 amide bonds. The number of fused-ring (bicyclic) bond motifs is 3. The van der Waals surface area contributed by atoms with E-state index in [9.17, 15) is 22.8 Å². The van der Waals surface area contributed by atoms with E-state index in [1.54, 1.807) is 22.3 Å². The van der Waals surface area contributed by atoms with Crippen LogP contribution in [0.5, 0.6) is 0 Å². The van der Waals surface area contributed by atoms with Gasteiger partial charge in [-0.1, -0.05) is 13.0 Å². The molecule has 7 nitrogen and oxygen atoms in total. The topological polar surface area (TPSA) is 62.9 Å². The van der Waals surface area contributed by atoms with E-state index in [2.05, 4.69) is 5.10 Å². The zero-order valence-corrected chi connectivity index (χ0v) is 19.2. The van der Waals surface area contributed by atoms with Crippen molar-refractivity contribution in [1.29, 1.82) is 0 Å². The number of aromatic nitrogens is 3. The summed E-state index contributed by atoms with van der Waals surface area (Å²) in [6, 6.07) is 8.99. The first-order valence-corrected chi connectivity index (χ1v) is 11.8. The monoisotopic (exact) mass is 489 g/mol. The van der Waals surface area contributed by atoms with Gasteiger partial charge >= 0.3 is 6.18 Å². The van der Waals surface area contributed by atoms with Crippen LogP contribution in [0.3, 0.4) is 0 Å². The van der Waals surface area contributed by atoms with Crippen molar-refractivity contribution in [2.24, 2.45) is 0 Å². The first-order chi connectivity index (χ1) is 16.3. The molecular formula is C23H22F3N5O2S. The molecule has 1 aliphatic heterocycles. The highest BCUT2D eigenvalue weighted by Crippen LogP contribution is 2.32. The number of halogens is 3. The quantitative estimate of drug-likeness (QED) is 0.439. The second-order valence-electron chi connectivity index (χ2n) is 8.18. The van der Waals surface area contributed by atoms with Crippen molar-refractivity contribution in [3.8, 4) is 0 Å². The van der Waals surface area contributed by atoms with Gasteiger partial charge in [-0.15, -0.1) is 11.3 Å². The van der Waals surface area contributed by atoms with Gasteiger partial charge in [-0.05, 0) is 35.7 Å². The number of hydrogen-bond donors (Lipinski definition) is 0. The summed E-state index contributed by atoms with van der Waals surface area (Å²) in [7, 11) is 0. The number of carbonyl (C=O) groups excluding carboxylic acids is 1. The molecule has 1 fully saturated rings. The predicted molar refractivity (Wildman–Crippen MR) is 124 cm³/mol. The van der Waals surface area contributed by atoms with Crippen molar-refractivity contribution in [2.75, 3.05) is 31.1 Å². The van der Waals surface area contributed by atoms with Gasteiger partial charge in [-0.3, -0.25) is 14.0 Å². The van der Waals surface area contributed by atoms with E-state index in [-0.39, 0.29) is 18.0 Å². The fraction of sp³-hybridized carbons (Fsp3) is 0.348. The Labute approximate surface area is 196 Å². The molecule has 0 radical (unpaired) electrons. The number of hydrogen-bond acceptors (Lipinski definition) is 5. The number of aryl methyl sites for hydroxylation is 1. The highest BCUT2D eigenvalue weighted by molar-refractivity contribution is 7.17. The highest BCUT2D eigenvalue weighted by atomic mass is 32.1. The van der Waals surface area contributed by atoms with Gasteiger partial charge in [0.05, 0.1) is 15.8 Å². The smallest absolute Gasteiger partial charge is 0.368 e. The van der Waals surface area contributed by atoms with Gasteiger partial charge in [0.2, 0.25) is 5.91 Å². The molecule has 1 saturated heterocycles. The van der Waals surface area contributed by atoms with Crippen molar-refractivity contribution in [2.45, 2.75) is 26.1 Å². The maximum atomic E-state index is 13.0. The van der Waals surface area contributed by atoms with E-state index in [0.29, 0.717) is 49.6 Å². The first kappa shape index (κ1) is 22.5. The Kier molecular flexibility index (Phi) is 5.59. The minimum absolute atomic E-state index is 0.176. The lowest BCUT2D eigenvalue weighted by Crippen LogP contribution is -2.50. The number of rotatable bonds is 4. The summed E-state index contributed by atoms with van der Waals surface area (Å²) in [5.41, 5.74) is 0.894. The van der Waals surface area contributed by atoms with Crippen molar-refractivity contribution < 1.29 is 18.0 Å². The molecule has 0 N–H and O–H groups in total. The van der Waals surface area contributed by atoms with Crippen LogP contribution in [0.25, 0.3) is 15.7 Å². The zero-order chi connectivity index (χ0) is 24.0. The van der Waals surface area contributed by atoms with Gasteiger partial charge < -0.3 is 9.80 Å². The molecule has 11 heteroatoms. The SMILES string of the molecule is CCc1nn(CC(=O)N2CCN(c3cccc(C(F)(F)F)c3)CC2)c(=O)c2cc3sccc3n12. The average Bonchev–Trinajstić information content (AvgIpc) is 3.42. The van der Waals surface area contributed by atoms with Gasteiger partial charge in [0.25, 0.3) is 5.56 Å². The Balaban J connectivity index is 1.31. The van der Waals surface area contributed by atoms with E-state index < -0.39 is 11.7 Å². The maximum Gasteiger partial charge on any atom is 0.416 e. The van der Waals surface area contributed by atoms with Crippen LogP contribution in [-0.2, 0) is 23.9 Å². The molecule has 0 saturated carbocycles. The minimum atomic E-state index is -4.40. The summed E-state index contributed by atoms with van der Waals surface area (Å²) in [4.78, 5) is 29.5. The number of anilines is 1. The molecule has 0 aliphatic carbocycles. The molecule has 1 aromatic carbocycles. The molecule has 0 unspecified atom stereocenters. The molecule has 178 valence electrons. The molecule has 3 aromatic heterocycles. The van der Waals surface area contributed by atoms with Gasteiger partial charge in [0.1, 0.15) is 17.9 Å². The summed E-state index contributed by atoms with van der Waals surface area (Å²) in [6.45, 7) is 3.29. The number of benzene rings is 1. The highest BCUT2D eigenvalue weighted by Gasteiger charge is 2.31. The molecule has 0 atom stereocenters. The number of thiophene rings is 1. The van der Waals surface area contributed by atoms with Crippen molar-refractivity contribution in [3.05, 3.63) is 63.5 Å². The summed E-state index contributed by atoms with van der Waals surface area (Å²) >= 11 is 1.54. The lowest BCUT2D eigenvalue weighted by molar-refractivity contribution is -0.137. The predicted octanol–water partition coefficient (Wildman–Crippen LogP) is 3.64. The standard InChI is InChI=1S/C23H22F3N5O2S/c1-2-20-27-30(22(33)18-13-19-17(31(18)20)6-11-34-19)14-21(32)29-9-7-28(8-10-29)16-5-3-4-15(12-16)23(24,25)26/h3-6,11-13H,2,7-10,14H2,1H3. The Morgan fingerprint density at radius 2 is 1.85 bits per heavy atom. The Hall–Kier alpha value is -3.34. The number of amides is 1. The zero-order valence-electron chi connectivity index (χ0n) is 18.4. The van der Waals surface area contributed by atoms with Crippen LogP contribution in [0.2, 0.25) is 0 Å². The van der Waals surface area contributed by atoms with Crippen LogP contribution in [0, 0.1) is 0 Å². The summed E-state index contributed by atoms with van der Waals surface area (Å²) in [5, 5.41) is 6.42. The van der Waals surface area contributed by atoms with Crippen molar-refractivity contribution in [1.82, 2.24) is 19.1 Å². The van der Waals surface area contributed by atoms with Crippen LogP contribution in [0.1, 0.15) is 18.3 Å². The molecule has 5 rings (SSSR count). The van der Waals surface area contributed by atoms with Gasteiger partial charge in [-0.25, -0.2) is 4.68 Å². The van der Waals surface area contributed by atoms with Gasteiger partial charge in [-0.2, -0.15) is 18.3 Å². The second-order valence-corrected chi connectivity index (χ2v) is 9.13. The van der Waals surface area contributed by atoms with E-state index >= 15 is 0 Å². The van der Waals surface area contributed by atoms with Crippen LogP contribution in [0.4, 0.5) is 18.9 Å². The van der Waals surface area contributed by atoms with Gasteiger partial charge in [0, 0.05) is 38.3 Å². The fourth-order valence-electron chi connectivity index (χ4n) is 4.38. The van der Waals surface area contributed by atoms with Crippen molar-refractivity contribution in [3.63, 3.8) is 0 Å².